The van der Waals surface area contributed by atoms with E-state index in [1.54, 1.807) is 13.1 Å². The second-order valence-corrected chi connectivity index (χ2v) is 7.15. The number of thiazole rings is 1. The Hall–Kier alpha value is -3.19. The summed E-state index contributed by atoms with van der Waals surface area (Å²) in [6.07, 6.45) is 2.69. The minimum Gasteiger partial charge on any atom is -0.445 e. The molecule has 0 spiro atoms. The van der Waals surface area contributed by atoms with Crippen molar-refractivity contribution < 1.29 is 18.0 Å². The second kappa shape index (κ2) is 7.44. The zero-order valence-corrected chi connectivity index (χ0v) is 15.6. The molecule has 4 nitrogen and oxygen atoms in total. The third-order valence-corrected chi connectivity index (χ3v) is 5.49. The van der Waals surface area contributed by atoms with Crippen molar-refractivity contribution in [2.45, 2.75) is 13.3 Å². The molecule has 0 N–H and O–H groups in total. The minimum absolute atomic E-state index is 0.219. The highest BCUT2D eigenvalue weighted by Crippen LogP contribution is 2.33. The van der Waals surface area contributed by atoms with Crippen molar-refractivity contribution in [2.75, 3.05) is 0 Å². The number of halogens is 2. The topological polar surface area (TPSA) is 56.0 Å². The highest BCUT2D eigenvalue weighted by Gasteiger charge is 2.20. The highest BCUT2D eigenvalue weighted by atomic mass is 32.1. The minimum atomic E-state index is -0.736. The lowest BCUT2D eigenvalue weighted by Crippen LogP contribution is -2.07. The first-order valence-corrected chi connectivity index (χ1v) is 9.28. The molecule has 0 unspecified atom stereocenters. The highest BCUT2D eigenvalue weighted by molar-refractivity contribution is 7.17. The number of hydrogen-bond donors (Lipinski definition) is 0. The predicted octanol–water partition coefficient (Wildman–Crippen LogP) is 5.48. The van der Waals surface area contributed by atoms with Gasteiger partial charge in [0.1, 0.15) is 17.9 Å². The predicted molar refractivity (Wildman–Crippen MR) is 102 cm³/mol. The normalized spacial score (nSPS) is 11.0. The van der Waals surface area contributed by atoms with Crippen molar-refractivity contribution >= 4 is 17.1 Å². The quantitative estimate of drug-likeness (QED) is 0.419. The third-order valence-electron chi connectivity index (χ3n) is 4.24. The number of benzene rings is 2. The van der Waals surface area contributed by atoms with Crippen LogP contribution in [-0.4, -0.2) is 15.8 Å². The van der Waals surface area contributed by atoms with Gasteiger partial charge in [0.25, 0.3) is 0 Å². The number of aromatic nitrogens is 2. The first-order valence-electron chi connectivity index (χ1n) is 8.47. The number of aryl methyl sites for hydroxylation is 1. The van der Waals surface area contributed by atoms with E-state index in [1.165, 1.54) is 23.7 Å². The Kier molecular flexibility index (Phi) is 4.83. The van der Waals surface area contributed by atoms with Crippen LogP contribution in [0.25, 0.3) is 21.9 Å². The van der Waals surface area contributed by atoms with Gasteiger partial charge in [0, 0.05) is 17.5 Å². The molecule has 2 heterocycles. The average Bonchev–Trinajstić information content (AvgIpc) is 3.35. The van der Waals surface area contributed by atoms with Crippen molar-refractivity contribution in [1.29, 1.82) is 0 Å². The van der Waals surface area contributed by atoms with E-state index in [2.05, 4.69) is 9.97 Å². The second-order valence-electron chi connectivity index (χ2n) is 6.15. The Morgan fingerprint density at radius 3 is 2.54 bits per heavy atom. The van der Waals surface area contributed by atoms with Crippen LogP contribution in [0.4, 0.5) is 8.78 Å². The van der Waals surface area contributed by atoms with Crippen molar-refractivity contribution in [3.8, 4) is 21.9 Å². The van der Waals surface area contributed by atoms with Gasteiger partial charge in [0.05, 0.1) is 16.8 Å². The van der Waals surface area contributed by atoms with E-state index >= 15 is 0 Å². The third kappa shape index (κ3) is 3.48. The van der Waals surface area contributed by atoms with Gasteiger partial charge >= 0.3 is 0 Å². The Bertz CT molecular complexity index is 1130. The molecule has 7 heteroatoms. The average molecular weight is 396 g/mol. The zero-order chi connectivity index (χ0) is 19.7. The molecule has 0 atom stereocenters. The van der Waals surface area contributed by atoms with E-state index in [-0.39, 0.29) is 17.0 Å². The van der Waals surface area contributed by atoms with Crippen LogP contribution in [0, 0.1) is 18.6 Å². The fraction of sp³-hybridized carbons (Fsp3) is 0.0952. The molecule has 28 heavy (non-hydrogen) atoms. The number of oxazole rings is 1. The SMILES string of the molecule is Cc1nc(C(=O)Cc2c(F)cccc2F)sc1-c1cccc(-c2ncco2)c1. The lowest BCUT2D eigenvalue weighted by molar-refractivity contribution is 0.0990. The van der Waals surface area contributed by atoms with Crippen LogP contribution < -0.4 is 0 Å². The molecule has 2 aromatic heterocycles. The van der Waals surface area contributed by atoms with E-state index in [4.69, 9.17) is 4.42 Å². The fourth-order valence-electron chi connectivity index (χ4n) is 2.88. The van der Waals surface area contributed by atoms with Crippen LogP contribution in [0.5, 0.6) is 0 Å². The molecule has 0 aliphatic heterocycles. The van der Waals surface area contributed by atoms with Gasteiger partial charge in [-0.3, -0.25) is 4.79 Å². The van der Waals surface area contributed by atoms with Crippen LogP contribution >= 0.6 is 11.3 Å². The van der Waals surface area contributed by atoms with Gasteiger partial charge in [-0.1, -0.05) is 18.2 Å². The molecule has 4 rings (SSSR count). The van der Waals surface area contributed by atoms with E-state index in [1.807, 2.05) is 24.3 Å². The monoisotopic (exact) mass is 396 g/mol. The molecular formula is C21H14F2N2O2S. The van der Waals surface area contributed by atoms with Crippen molar-refractivity contribution in [1.82, 2.24) is 9.97 Å². The summed E-state index contributed by atoms with van der Waals surface area (Å²) in [5.74, 6) is -1.40. The van der Waals surface area contributed by atoms with Crippen molar-refractivity contribution in [3.05, 3.63) is 82.8 Å². The Morgan fingerprint density at radius 2 is 1.82 bits per heavy atom. The number of carbonyl (C=O) groups excluding carboxylic acids is 1. The van der Waals surface area contributed by atoms with Gasteiger partial charge in [-0.2, -0.15) is 0 Å². The Labute approximate surface area is 163 Å². The van der Waals surface area contributed by atoms with Crippen LogP contribution in [0.2, 0.25) is 0 Å². The Morgan fingerprint density at radius 1 is 1.11 bits per heavy atom. The summed E-state index contributed by atoms with van der Waals surface area (Å²) in [6, 6.07) is 11.1. The zero-order valence-electron chi connectivity index (χ0n) is 14.8. The fourth-order valence-corrected chi connectivity index (χ4v) is 3.88. The van der Waals surface area contributed by atoms with Gasteiger partial charge in [-0.15, -0.1) is 11.3 Å². The standard InChI is InChI=1S/C21H14F2N2O2S/c1-12-19(13-4-2-5-14(10-13)20-24-8-9-27-20)28-21(25-12)18(26)11-15-16(22)6-3-7-17(15)23/h2-10H,11H2,1H3. The molecule has 0 saturated heterocycles. The summed E-state index contributed by atoms with van der Waals surface area (Å²) in [4.78, 5) is 21.8. The van der Waals surface area contributed by atoms with E-state index in [9.17, 15) is 13.6 Å². The summed E-state index contributed by atoms with van der Waals surface area (Å²) in [5, 5.41) is 0.219. The molecule has 140 valence electrons. The molecule has 0 aliphatic rings. The Balaban J connectivity index is 1.64. The molecular weight excluding hydrogens is 382 g/mol. The molecule has 0 amide bonds. The van der Waals surface area contributed by atoms with Crippen molar-refractivity contribution in [3.63, 3.8) is 0 Å². The number of ketones is 1. The van der Waals surface area contributed by atoms with Crippen LogP contribution in [-0.2, 0) is 6.42 Å². The maximum atomic E-state index is 13.8. The maximum Gasteiger partial charge on any atom is 0.225 e. The lowest BCUT2D eigenvalue weighted by Gasteiger charge is -2.02. The largest absolute Gasteiger partial charge is 0.445 e. The molecule has 0 radical (unpaired) electrons. The van der Waals surface area contributed by atoms with E-state index in [0.717, 1.165) is 28.1 Å². The van der Waals surface area contributed by atoms with Gasteiger partial charge in [-0.05, 0) is 36.8 Å². The molecule has 0 fully saturated rings. The number of nitrogens with zero attached hydrogens (tertiary/aromatic N) is 2. The van der Waals surface area contributed by atoms with Gasteiger partial charge in [0.2, 0.25) is 5.89 Å². The van der Waals surface area contributed by atoms with Gasteiger partial charge in [0.15, 0.2) is 10.8 Å². The van der Waals surface area contributed by atoms with Crippen LogP contribution in [0.15, 0.2) is 59.3 Å². The maximum absolute atomic E-state index is 13.8. The van der Waals surface area contributed by atoms with E-state index in [0.29, 0.717) is 11.6 Å². The van der Waals surface area contributed by atoms with Gasteiger partial charge < -0.3 is 4.42 Å². The first kappa shape index (κ1) is 18.2. The van der Waals surface area contributed by atoms with Gasteiger partial charge in [-0.25, -0.2) is 18.7 Å². The molecule has 0 aliphatic carbocycles. The van der Waals surface area contributed by atoms with Crippen molar-refractivity contribution in [2.24, 2.45) is 0 Å². The molecule has 0 saturated carbocycles. The summed E-state index contributed by atoms with van der Waals surface area (Å²) in [6.45, 7) is 1.80. The number of carbonyl (C=O) groups is 1. The molecule has 2 aromatic carbocycles. The first-order chi connectivity index (χ1) is 13.5. The summed E-state index contributed by atoms with van der Waals surface area (Å²) < 4.78 is 33.0. The number of rotatable bonds is 5. The molecule has 4 aromatic rings. The lowest BCUT2D eigenvalue weighted by atomic mass is 10.1. The summed E-state index contributed by atoms with van der Waals surface area (Å²) in [7, 11) is 0. The van der Waals surface area contributed by atoms with Crippen LogP contribution in [0.1, 0.15) is 21.1 Å². The number of hydrogen-bond acceptors (Lipinski definition) is 5. The van der Waals surface area contributed by atoms with Crippen LogP contribution in [0.3, 0.4) is 0 Å². The molecule has 0 bridgehead atoms. The number of Topliss-reactive ketones (excluding diaryl/α,β-unsaturated/α-hetero) is 1. The smallest absolute Gasteiger partial charge is 0.225 e. The summed E-state index contributed by atoms with van der Waals surface area (Å²) >= 11 is 1.20. The van der Waals surface area contributed by atoms with E-state index < -0.39 is 17.4 Å². The summed E-state index contributed by atoms with van der Waals surface area (Å²) in [5.41, 5.74) is 2.10.